The molecule has 13 heavy (non-hydrogen) atoms. The number of azo groups is 1. The highest BCUT2D eigenvalue weighted by atomic mass is 16.2. The summed E-state index contributed by atoms with van der Waals surface area (Å²) < 4.78 is 0. The number of nitrogens with zero attached hydrogens (tertiary/aromatic N) is 3. The van der Waals surface area contributed by atoms with Crippen LogP contribution < -0.4 is 0 Å². The average molecular weight is 176 g/mol. The molecule has 0 saturated carbocycles. The van der Waals surface area contributed by atoms with Crippen LogP contribution in [0.3, 0.4) is 0 Å². The molecule has 1 aliphatic heterocycles. The molecule has 1 unspecified atom stereocenters. The summed E-state index contributed by atoms with van der Waals surface area (Å²) in [6.07, 6.45) is 5.03. The SMILES string of the molecule is CC1=CC(c2ncc[nH]2)C(=O)N=N1. The van der Waals surface area contributed by atoms with Crippen LogP contribution in [0.2, 0.25) is 0 Å². The van der Waals surface area contributed by atoms with Gasteiger partial charge < -0.3 is 4.98 Å². The van der Waals surface area contributed by atoms with Gasteiger partial charge >= 0.3 is 0 Å². The van der Waals surface area contributed by atoms with E-state index in [1.165, 1.54) is 0 Å². The second kappa shape index (κ2) is 2.93. The Hall–Kier alpha value is -1.78. The summed E-state index contributed by atoms with van der Waals surface area (Å²) in [5.41, 5.74) is 0.737. The van der Waals surface area contributed by atoms with E-state index in [0.717, 1.165) is 5.70 Å². The quantitative estimate of drug-likeness (QED) is 0.702. The minimum Gasteiger partial charge on any atom is -0.348 e. The second-order valence-electron chi connectivity index (χ2n) is 2.80. The van der Waals surface area contributed by atoms with E-state index in [0.29, 0.717) is 5.82 Å². The Balaban J connectivity index is 2.35. The maximum absolute atomic E-state index is 11.3. The van der Waals surface area contributed by atoms with Crippen LogP contribution in [0.1, 0.15) is 18.7 Å². The van der Waals surface area contributed by atoms with Crippen molar-refractivity contribution < 1.29 is 4.79 Å². The summed E-state index contributed by atoms with van der Waals surface area (Å²) in [7, 11) is 0. The molecule has 0 saturated heterocycles. The third-order valence-electron chi connectivity index (χ3n) is 1.79. The Kier molecular flexibility index (Phi) is 1.77. The fourth-order valence-corrected chi connectivity index (χ4v) is 1.18. The molecule has 0 radical (unpaired) electrons. The largest absolute Gasteiger partial charge is 0.348 e. The molecule has 1 aromatic heterocycles. The topological polar surface area (TPSA) is 70.5 Å². The molecule has 2 rings (SSSR count). The zero-order chi connectivity index (χ0) is 9.26. The highest BCUT2D eigenvalue weighted by Crippen LogP contribution is 2.21. The molecule has 0 spiro atoms. The predicted molar refractivity (Wildman–Crippen MR) is 44.9 cm³/mol. The van der Waals surface area contributed by atoms with Crippen molar-refractivity contribution in [3.8, 4) is 0 Å². The van der Waals surface area contributed by atoms with Crippen LogP contribution in [-0.4, -0.2) is 15.9 Å². The number of carbonyl (C=O) groups is 1. The zero-order valence-electron chi connectivity index (χ0n) is 7.06. The van der Waals surface area contributed by atoms with Crippen molar-refractivity contribution in [3.63, 3.8) is 0 Å². The summed E-state index contributed by atoms with van der Waals surface area (Å²) in [6.45, 7) is 1.80. The summed E-state index contributed by atoms with van der Waals surface area (Å²) in [4.78, 5) is 18.2. The van der Waals surface area contributed by atoms with Crippen molar-refractivity contribution in [1.82, 2.24) is 9.97 Å². The van der Waals surface area contributed by atoms with Gasteiger partial charge in [0, 0.05) is 12.4 Å². The molecule has 1 aliphatic rings. The van der Waals surface area contributed by atoms with Crippen molar-refractivity contribution in [2.75, 3.05) is 0 Å². The van der Waals surface area contributed by atoms with E-state index in [1.807, 2.05) is 0 Å². The molecule has 0 fully saturated rings. The molecule has 1 amide bonds. The van der Waals surface area contributed by atoms with E-state index >= 15 is 0 Å². The van der Waals surface area contributed by atoms with Crippen LogP contribution in [-0.2, 0) is 4.79 Å². The fourth-order valence-electron chi connectivity index (χ4n) is 1.18. The molecule has 0 aromatic carbocycles. The first-order valence-corrected chi connectivity index (χ1v) is 3.90. The highest BCUT2D eigenvalue weighted by Gasteiger charge is 2.23. The van der Waals surface area contributed by atoms with Crippen LogP contribution >= 0.6 is 0 Å². The maximum atomic E-state index is 11.3. The van der Waals surface area contributed by atoms with Crippen LogP contribution in [0.15, 0.2) is 34.4 Å². The van der Waals surface area contributed by atoms with Gasteiger partial charge in [0.15, 0.2) is 0 Å². The Morgan fingerprint density at radius 2 is 2.31 bits per heavy atom. The number of hydrogen-bond acceptors (Lipinski definition) is 3. The summed E-state index contributed by atoms with van der Waals surface area (Å²) >= 11 is 0. The van der Waals surface area contributed by atoms with Crippen LogP contribution in [0.5, 0.6) is 0 Å². The van der Waals surface area contributed by atoms with Crippen molar-refractivity contribution in [2.45, 2.75) is 12.8 Å². The molecule has 0 bridgehead atoms. The molecular formula is C8H8N4O. The Labute approximate surface area is 74.6 Å². The van der Waals surface area contributed by atoms with E-state index in [2.05, 4.69) is 20.2 Å². The van der Waals surface area contributed by atoms with Gasteiger partial charge in [0.25, 0.3) is 5.91 Å². The molecule has 5 nitrogen and oxygen atoms in total. The Morgan fingerprint density at radius 3 is 3.00 bits per heavy atom. The molecule has 1 N–H and O–H groups in total. The van der Waals surface area contributed by atoms with Crippen LogP contribution in [0, 0.1) is 0 Å². The second-order valence-corrected chi connectivity index (χ2v) is 2.80. The highest BCUT2D eigenvalue weighted by molar-refractivity contribution is 5.86. The van der Waals surface area contributed by atoms with Gasteiger partial charge in [-0.3, -0.25) is 4.79 Å². The van der Waals surface area contributed by atoms with E-state index < -0.39 is 5.92 Å². The molecule has 2 heterocycles. The van der Waals surface area contributed by atoms with Gasteiger partial charge in [-0.15, -0.1) is 5.11 Å². The molecule has 66 valence electrons. The standard InChI is InChI=1S/C8H8N4O/c1-5-4-6(8(13)12-11-5)7-9-2-3-10-7/h2-4,6H,1H3,(H,9,10). The minimum absolute atomic E-state index is 0.277. The first-order chi connectivity index (χ1) is 6.27. The lowest BCUT2D eigenvalue weighted by Crippen LogP contribution is -2.12. The van der Waals surface area contributed by atoms with Crippen molar-refractivity contribution >= 4 is 5.91 Å². The molecule has 1 atom stereocenters. The van der Waals surface area contributed by atoms with Crippen molar-refractivity contribution in [1.29, 1.82) is 0 Å². The van der Waals surface area contributed by atoms with Gasteiger partial charge in [0.2, 0.25) is 0 Å². The number of nitrogens with one attached hydrogen (secondary N) is 1. The Bertz CT molecular complexity index is 377. The average Bonchev–Trinajstić information content (AvgIpc) is 2.61. The lowest BCUT2D eigenvalue weighted by Gasteiger charge is -2.08. The van der Waals surface area contributed by atoms with E-state index in [1.54, 1.807) is 25.4 Å². The van der Waals surface area contributed by atoms with Crippen molar-refractivity contribution in [3.05, 3.63) is 30.0 Å². The van der Waals surface area contributed by atoms with Gasteiger partial charge in [-0.05, 0) is 13.0 Å². The fraction of sp³-hybridized carbons (Fsp3) is 0.250. The Morgan fingerprint density at radius 1 is 1.46 bits per heavy atom. The van der Waals surface area contributed by atoms with E-state index in [4.69, 9.17) is 0 Å². The number of amides is 1. The monoisotopic (exact) mass is 176 g/mol. The third kappa shape index (κ3) is 1.40. The number of aromatic nitrogens is 2. The first-order valence-electron chi connectivity index (χ1n) is 3.90. The molecule has 1 aromatic rings. The number of H-pyrrole nitrogens is 1. The molecule has 5 heteroatoms. The first kappa shape index (κ1) is 7.85. The minimum atomic E-state index is -0.396. The smallest absolute Gasteiger partial charge is 0.279 e. The number of hydrogen-bond donors (Lipinski definition) is 1. The lowest BCUT2D eigenvalue weighted by atomic mass is 10.1. The normalized spacial score (nSPS) is 21.8. The van der Waals surface area contributed by atoms with E-state index in [-0.39, 0.29) is 5.91 Å². The zero-order valence-corrected chi connectivity index (χ0v) is 7.06. The van der Waals surface area contributed by atoms with Gasteiger partial charge in [0.05, 0.1) is 5.70 Å². The summed E-state index contributed by atoms with van der Waals surface area (Å²) in [6, 6.07) is 0. The van der Waals surface area contributed by atoms with Gasteiger partial charge in [0.1, 0.15) is 11.7 Å². The number of rotatable bonds is 1. The summed E-state index contributed by atoms with van der Waals surface area (Å²) in [5, 5.41) is 7.17. The van der Waals surface area contributed by atoms with Gasteiger partial charge in [-0.2, -0.15) is 5.11 Å². The van der Waals surface area contributed by atoms with Crippen LogP contribution in [0.4, 0.5) is 0 Å². The van der Waals surface area contributed by atoms with E-state index in [9.17, 15) is 4.79 Å². The van der Waals surface area contributed by atoms with Gasteiger partial charge in [-0.1, -0.05) is 0 Å². The number of carbonyl (C=O) groups excluding carboxylic acids is 1. The number of imidazole rings is 1. The third-order valence-corrected chi connectivity index (χ3v) is 1.79. The number of aromatic amines is 1. The van der Waals surface area contributed by atoms with Crippen molar-refractivity contribution in [2.24, 2.45) is 10.2 Å². The maximum Gasteiger partial charge on any atom is 0.279 e. The lowest BCUT2D eigenvalue weighted by molar-refractivity contribution is -0.119. The summed E-state index contributed by atoms with van der Waals surface area (Å²) in [5.74, 6) is -0.0592. The molecule has 0 aliphatic carbocycles. The van der Waals surface area contributed by atoms with Gasteiger partial charge in [-0.25, -0.2) is 4.98 Å². The molecular weight excluding hydrogens is 168 g/mol. The van der Waals surface area contributed by atoms with Crippen LogP contribution in [0.25, 0.3) is 0 Å². The number of allylic oxidation sites excluding steroid dienone is 1. The predicted octanol–water partition coefficient (Wildman–Crippen LogP) is 1.39.